The number of esters is 1. The van der Waals surface area contributed by atoms with Crippen molar-refractivity contribution in [2.24, 2.45) is 0 Å². The molecule has 5 heteroatoms. The van der Waals surface area contributed by atoms with Crippen LogP contribution < -0.4 is 0 Å². The van der Waals surface area contributed by atoms with Crippen LogP contribution in [0.15, 0.2) is 90.5 Å². The van der Waals surface area contributed by atoms with E-state index in [9.17, 15) is 14.9 Å². The van der Waals surface area contributed by atoms with Gasteiger partial charge in [-0.1, -0.05) is 60.7 Å². The first-order valence-electron chi connectivity index (χ1n) is 8.74. The number of carbonyl (C=O) groups is 1. The molecule has 3 rings (SSSR count). The molecular formula is C23H19NO4. The molecule has 0 amide bonds. The van der Waals surface area contributed by atoms with Gasteiger partial charge in [-0.2, -0.15) is 0 Å². The van der Waals surface area contributed by atoms with Gasteiger partial charge in [-0.25, -0.2) is 4.79 Å². The maximum atomic E-state index is 12.7. The quantitative estimate of drug-likeness (QED) is 0.264. The lowest BCUT2D eigenvalue weighted by Gasteiger charge is -2.20. The summed E-state index contributed by atoms with van der Waals surface area (Å²) in [5, 5.41) is 10.9. The van der Waals surface area contributed by atoms with Crippen molar-refractivity contribution in [3.05, 3.63) is 117 Å². The number of nitro benzene ring substituents is 1. The molecule has 0 N–H and O–H groups in total. The highest BCUT2D eigenvalue weighted by Gasteiger charge is 2.25. The molecule has 0 aliphatic carbocycles. The summed E-state index contributed by atoms with van der Waals surface area (Å²) in [6.07, 6.45) is 1.72. The number of methoxy groups -OCH3 is 1. The summed E-state index contributed by atoms with van der Waals surface area (Å²) < 4.78 is 5.06. The van der Waals surface area contributed by atoms with Crippen molar-refractivity contribution in [2.75, 3.05) is 7.11 Å². The molecule has 3 aromatic rings. The molecule has 0 atom stereocenters. The second-order valence-electron chi connectivity index (χ2n) is 6.19. The zero-order chi connectivity index (χ0) is 19.9. The van der Waals surface area contributed by atoms with Crippen molar-refractivity contribution in [2.45, 2.75) is 5.92 Å². The number of benzene rings is 3. The number of nitrogens with zero attached hydrogens (tertiary/aromatic N) is 1. The van der Waals surface area contributed by atoms with Crippen LogP contribution in [0.5, 0.6) is 0 Å². The molecule has 0 saturated heterocycles. The van der Waals surface area contributed by atoms with Crippen molar-refractivity contribution < 1.29 is 14.5 Å². The fourth-order valence-electron chi connectivity index (χ4n) is 3.09. The van der Waals surface area contributed by atoms with E-state index < -0.39 is 10.9 Å². The van der Waals surface area contributed by atoms with Crippen LogP contribution in [0.2, 0.25) is 0 Å². The smallest absolute Gasteiger partial charge is 0.334 e. The molecule has 0 unspecified atom stereocenters. The monoisotopic (exact) mass is 373 g/mol. The van der Waals surface area contributed by atoms with Crippen molar-refractivity contribution >= 4 is 17.7 Å². The Kier molecular flexibility index (Phi) is 5.97. The molecule has 0 saturated carbocycles. The van der Waals surface area contributed by atoms with E-state index in [1.165, 1.54) is 19.2 Å². The molecule has 0 radical (unpaired) electrons. The fourth-order valence-corrected chi connectivity index (χ4v) is 3.09. The Hall–Kier alpha value is -3.73. The van der Waals surface area contributed by atoms with Crippen molar-refractivity contribution in [1.82, 2.24) is 0 Å². The Morgan fingerprint density at radius 1 is 0.893 bits per heavy atom. The average molecular weight is 373 g/mol. The van der Waals surface area contributed by atoms with Gasteiger partial charge in [0.2, 0.25) is 0 Å². The molecule has 28 heavy (non-hydrogen) atoms. The molecule has 5 nitrogen and oxygen atoms in total. The van der Waals surface area contributed by atoms with Gasteiger partial charge >= 0.3 is 5.97 Å². The Bertz CT molecular complexity index is 941. The molecule has 0 aliphatic heterocycles. The fraction of sp³-hybridized carbons (Fsp3) is 0.0870. The van der Waals surface area contributed by atoms with E-state index in [2.05, 4.69) is 0 Å². The molecule has 0 bridgehead atoms. The van der Waals surface area contributed by atoms with Gasteiger partial charge in [-0.15, -0.1) is 0 Å². The van der Waals surface area contributed by atoms with E-state index in [4.69, 9.17) is 4.74 Å². The second-order valence-corrected chi connectivity index (χ2v) is 6.19. The largest absolute Gasteiger partial charge is 0.466 e. The second kappa shape index (κ2) is 8.77. The number of non-ortho nitro benzene ring substituents is 1. The van der Waals surface area contributed by atoms with Gasteiger partial charge in [0, 0.05) is 23.6 Å². The lowest BCUT2D eigenvalue weighted by Crippen LogP contribution is -2.14. The minimum atomic E-state index is -0.453. The van der Waals surface area contributed by atoms with Crippen LogP contribution in [-0.2, 0) is 9.53 Å². The predicted molar refractivity (Wildman–Crippen MR) is 108 cm³/mol. The molecule has 140 valence electrons. The summed E-state index contributed by atoms with van der Waals surface area (Å²) in [6.45, 7) is 0. The van der Waals surface area contributed by atoms with E-state index in [-0.39, 0.29) is 11.6 Å². The van der Waals surface area contributed by atoms with Crippen molar-refractivity contribution in [3.63, 3.8) is 0 Å². The first-order valence-corrected chi connectivity index (χ1v) is 8.74. The Morgan fingerprint density at radius 2 is 1.39 bits per heavy atom. The normalized spacial score (nSPS) is 11.3. The Morgan fingerprint density at radius 3 is 1.82 bits per heavy atom. The molecule has 0 fully saturated rings. The number of rotatable bonds is 6. The minimum absolute atomic E-state index is 0.000521. The van der Waals surface area contributed by atoms with E-state index in [1.807, 2.05) is 60.7 Å². The number of hydrogen-bond donors (Lipinski definition) is 0. The van der Waals surface area contributed by atoms with Gasteiger partial charge in [-0.05, 0) is 34.9 Å². The number of hydrogen-bond acceptors (Lipinski definition) is 4. The van der Waals surface area contributed by atoms with Crippen LogP contribution in [0.25, 0.3) is 6.08 Å². The number of nitro groups is 1. The SMILES string of the molecule is COC(=O)/C(=C\c1ccc([N+](=O)[O-])cc1)C(c1ccccc1)c1ccccc1. The van der Waals surface area contributed by atoms with E-state index in [0.29, 0.717) is 11.1 Å². The van der Waals surface area contributed by atoms with Gasteiger partial charge < -0.3 is 4.74 Å². The third-order valence-electron chi connectivity index (χ3n) is 4.42. The molecule has 0 aliphatic rings. The summed E-state index contributed by atoms with van der Waals surface area (Å²) in [7, 11) is 1.35. The van der Waals surface area contributed by atoms with E-state index >= 15 is 0 Å². The number of ether oxygens (including phenoxy) is 1. The highest BCUT2D eigenvalue weighted by Crippen LogP contribution is 2.34. The maximum Gasteiger partial charge on any atom is 0.334 e. The van der Waals surface area contributed by atoms with Gasteiger partial charge in [0.05, 0.1) is 12.0 Å². The van der Waals surface area contributed by atoms with Crippen LogP contribution >= 0.6 is 0 Å². The summed E-state index contributed by atoms with van der Waals surface area (Å²) in [4.78, 5) is 23.1. The lowest BCUT2D eigenvalue weighted by atomic mass is 9.84. The Labute approximate surface area is 163 Å². The molecule has 3 aromatic carbocycles. The van der Waals surface area contributed by atoms with Crippen molar-refractivity contribution in [3.8, 4) is 0 Å². The zero-order valence-corrected chi connectivity index (χ0v) is 15.3. The summed E-state index contributed by atoms with van der Waals surface area (Å²) in [5.74, 6) is -0.777. The van der Waals surface area contributed by atoms with E-state index in [0.717, 1.165) is 11.1 Å². The number of carbonyl (C=O) groups excluding carboxylic acids is 1. The predicted octanol–water partition coefficient (Wildman–Crippen LogP) is 4.98. The van der Waals surface area contributed by atoms with Crippen LogP contribution in [0.1, 0.15) is 22.6 Å². The maximum absolute atomic E-state index is 12.7. The van der Waals surface area contributed by atoms with Gasteiger partial charge in [0.15, 0.2) is 0 Å². The highest BCUT2D eigenvalue weighted by atomic mass is 16.6. The first kappa shape index (κ1) is 19.0. The van der Waals surface area contributed by atoms with Crippen LogP contribution in [0, 0.1) is 10.1 Å². The third kappa shape index (κ3) is 4.32. The summed E-state index contributed by atoms with van der Waals surface area (Å²) in [5.41, 5.74) is 3.04. The van der Waals surface area contributed by atoms with Crippen LogP contribution in [-0.4, -0.2) is 18.0 Å². The molecule has 0 heterocycles. The molecule has 0 spiro atoms. The molecule has 0 aromatic heterocycles. The molecular weight excluding hydrogens is 354 g/mol. The highest BCUT2D eigenvalue weighted by molar-refractivity contribution is 5.96. The summed E-state index contributed by atoms with van der Waals surface area (Å²) in [6, 6.07) is 25.5. The van der Waals surface area contributed by atoms with Gasteiger partial charge in [0.25, 0.3) is 5.69 Å². The topological polar surface area (TPSA) is 69.4 Å². The van der Waals surface area contributed by atoms with E-state index in [1.54, 1.807) is 18.2 Å². The minimum Gasteiger partial charge on any atom is -0.466 e. The van der Waals surface area contributed by atoms with Gasteiger partial charge in [-0.3, -0.25) is 10.1 Å². The Balaban J connectivity index is 2.13. The average Bonchev–Trinajstić information content (AvgIpc) is 2.74. The van der Waals surface area contributed by atoms with Crippen molar-refractivity contribution in [1.29, 1.82) is 0 Å². The van der Waals surface area contributed by atoms with Crippen LogP contribution in [0.4, 0.5) is 5.69 Å². The van der Waals surface area contributed by atoms with Gasteiger partial charge in [0.1, 0.15) is 0 Å². The standard InChI is InChI=1S/C23H19NO4/c1-28-23(25)21(16-17-12-14-20(15-13-17)24(26)27)22(18-8-4-2-5-9-18)19-10-6-3-7-11-19/h2-16,22H,1H3/b21-16-. The summed E-state index contributed by atoms with van der Waals surface area (Å²) >= 11 is 0. The first-order chi connectivity index (χ1) is 13.6. The lowest BCUT2D eigenvalue weighted by molar-refractivity contribution is -0.384. The van der Waals surface area contributed by atoms with Crippen LogP contribution in [0.3, 0.4) is 0 Å². The zero-order valence-electron chi connectivity index (χ0n) is 15.3. The third-order valence-corrected chi connectivity index (χ3v) is 4.42.